The summed E-state index contributed by atoms with van der Waals surface area (Å²) in [6.07, 6.45) is -6.72. The number of ether oxygens (including phenoxy) is 6. The lowest BCUT2D eigenvalue weighted by atomic mass is 9.93. The number of rotatable bonds is 8. The van der Waals surface area contributed by atoms with Crippen LogP contribution in [0.2, 0.25) is 0 Å². The molecule has 1 N–H and O–H groups in total. The highest BCUT2D eigenvalue weighted by molar-refractivity contribution is 5.78. The van der Waals surface area contributed by atoms with E-state index in [2.05, 4.69) is 10.2 Å². The number of carbonyl (C=O) groups excluding carboxylic acids is 4. The molecule has 250 valence electrons. The average Bonchev–Trinajstić information content (AvgIpc) is 3.32. The molecule has 1 fully saturated rings. The van der Waals surface area contributed by atoms with Crippen LogP contribution in [0.4, 0.5) is 0 Å². The van der Waals surface area contributed by atoms with Gasteiger partial charge in [0.2, 0.25) is 18.3 Å². The highest BCUT2D eigenvalue weighted by Crippen LogP contribution is 2.35. The van der Waals surface area contributed by atoms with Gasteiger partial charge in [0.25, 0.3) is 0 Å². The summed E-state index contributed by atoms with van der Waals surface area (Å²) in [5, 5.41) is 7.10. The third kappa shape index (κ3) is 9.93. The molecule has 2 heterocycles. The molecular weight excluding hydrogens is 572 g/mol. The molecule has 1 aromatic rings. The summed E-state index contributed by atoms with van der Waals surface area (Å²) in [6.45, 7) is 23.6. The first kappa shape index (κ1) is 37.0. The van der Waals surface area contributed by atoms with Crippen LogP contribution in [0.5, 0.6) is 5.88 Å². The molecule has 0 saturated carbocycles. The zero-order chi connectivity index (χ0) is 34.0. The summed E-state index contributed by atoms with van der Waals surface area (Å²) in [5.41, 5.74) is -2.96. The highest BCUT2D eigenvalue weighted by Gasteiger charge is 2.55. The fourth-order valence-electron chi connectivity index (χ4n) is 3.58. The quantitative estimate of drug-likeness (QED) is 0.304. The molecule has 1 aromatic heterocycles. The SMILES string of the molecule is CC(C)c1cc(O[C@@H]2O[C@H](COC(=O)C(C)(C)C)[C@@H](OC(=O)C(C)(C)C)[C@H](OC(=O)C(C)(C)C)[C@H]2OC(=O)C(C)(C)C)n[nH]1. The van der Waals surface area contributed by atoms with Crippen LogP contribution in [0, 0.1) is 21.7 Å². The monoisotopic (exact) mass is 624 g/mol. The van der Waals surface area contributed by atoms with Crippen molar-refractivity contribution in [2.75, 3.05) is 6.61 Å². The molecule has 5 atom stereocenters. The summed E-state index contributed by atoms with van der Waals surface area (Å²) in [4.78, 5) is 52.6. The Hall–Kier alpha value is -3.15. The Labute approximate surface area is 261 Å². The molecule has 1 saturated heterocycles. The van der Waals surface area contributed by atoms with Crippen LogP contribution >= 0.6 is 0 Å². The number of aromatic nitrogens is 2. The van der Waals surface area contributed by atoms with Crippen molar-refractivity contribution in [3.05, 3.63) is 11.8 Å². The van der Waals surface area contributed by atoms with E-state index >= 15 is 0 Å². The van der Waals surface area contributed by atoms with E-state index in [-0.39, 0.29) is 18.4 Å². The number of aromatic amines is 1. The van der Waals surface area contributed by atoms with Crippen LogP contribution in [-0.4, -0.2) is 71.4 Å². The fraction of sp³-hybridized carbons (Fsp3) is 0.781. The molecule has 12 heteroatoms. The molecule has 0 unspecified atom stereocenters. The predicted molar refractivity (Wildman–Crippen MR) is 160 cm³/mol. The minimum absolute atomic E-state index is 0.105. The largest absolute Gasteiger partial charge is 0.462 e. The molecule has 0 aliphatic carbocycles. The fourth-order valence-corrected chi connectivity index (χ4v) is 3.58. The van der Waals surface area contributed by atoms with E-state index in [1.807, 2.05) is 13.8 Å². The minimum Gasteiger partial charge on any atom is -0.462 e. The molecule has 1 aliphatic rings. The van der Waals surface area contributed by atoms with Gasteiger partial charge in [0, 0.05) is 11.8 Å². The standard InChI is InChI=1S/C32H52N2O10/c1-17(2)18-15-20(34-33-18)41-24-23(44-28(38)32(12,13)14)22(43-27(37)31(9,10)11)21(42-26(36)30(6,7)8)19(40-24)16-39-25(35)29(3,4)5/h15,17,19,21-24H,16H2,1-14H3,(H,33,34)/t19-,21-,22+,23-,24+/m1/s1. The number of carbonyl (C=O) groups is 4. The molecule has 0 bridgehead atoms. The maximum Gasteiger partial charge on any atom is 0.311 e. The second-order valence-electron chi connectivity index (χ2n) is 15.7. The van der Waals surface area contributed by atoms with Crippen LogP contribution in [0.3, 0.4) is 0 Å². The number of nitrogens with one attached hydrogen (secondary N) is 1. The Morgan fingerprint density at radius 3 is 1.57 bits per heavy atom. The Balaban J connectivity index is 2.70. The number of nitrogens with zero attached hydrogens (tertiary/aromatic N) is 1. The van der Waals surface area contributed by atoms with Gasteiger partial charge >= 0.3 is 23.9 Å². The first-order chi connectivity index (χ1) is 19.8. The summed E-state index contributed by atoms with van der Waals surface area (Å²) >= 11 is 0. The smallest absolute Gasteiger partial charge is 0.311 e. The van der Waals surface area contributed by atoms with Crippen molar-refractivity contribution in [3.8, 4) is 5.88 Å². The van der Waals surface area contributed by atoms with Crippen molar-refractivity contribution in [1.82, 2.24) is 10.2 Å². The Bertz CT molecular complexity index is 1180. The van der Waals surface area contributed by atoms with E-state index in [1.165, 1.54) is 0 Å². The molecule has 1 aliphatic heterocycles. The van der Waals surface area contributed by atoms with Gasteiger partial charge in [0.05, 0.1) is 21.7 Å². The molecule has 0 amide bonds. The average molecular weight is 625 g/mol. The Kier molecular flexibility index (Phi) is 11.3. The molecule has 44 heavy (non-hydrogen) atoms. The molecule has 2 rings (SSSR count). The molecule has 0 aromatic carbocycles. The van der Waals surface area contributed by atoms with Gasteiger partial charge in [-0.15, -0.1) is 5.10 Å². The summed E-state index contributed by atoms with van der Waals surface area (Å²) < 4.78 is 35.9. The lowest BCUT2D eigenvalue weighted by molar-refractivity contribution is -0.294. The van der Waals surface area contributed by atoms with Crippen molar-refractivity contribution >= 4 is 23.9 Å². The van der Waals surface area contributed by atoms with Crippen LogP contribution < -0.4 is 4.74 Å². The van der Waals surface area contributed by atoms with Gasteiger partial charge in [0.1, 0.15) is 12.7 Å². The molecule has 12 nitrogen and oxygen atoms in total. The van der Waals surface area contributed by atoms with Crippen LogP contribution in [0.1, 0.15) is 109 Å². The van der Waals surface area contributed by atoms with Gasteiger partial charge in [-0.1, -0.05) is 13.8 Å². The zero-order valence-electron chi connectivity index (χ0n) is 28.8. The minimum atomic E-state index is -1.40. The Morgan fingerprint density at radius 1 is 0.727 bits per heavy atom. The first-order valence-corrected chi connectivity index (χ1v) is 15.0. The van der Waals surface area contributed by atoms with Crippen LogP contribution in [-0.2, 0) is 42.9 Å². The normalized spacial score (nSPS) is 23.1. The van der Waals surface area contributed by atoms with Gasteiger partial charge in [-0.25, -0.2) is 0 Å². The predicted octanol–water partition coefficient (Wildman–Crippen LogP) is 5.10. The summed E-state index contributed by atoms with van der Waals surface area (Å²) in [6, 6.07) is 1.67. The maximum absolute atomic E-state index is 13.3. The van der Waals surface area contributed by atoms with E-state index in [1.54, 1.807) is 89.2 Å². The summed E-state index contributed by atoms with van der Waals surface area (Å²) in [5.74, 6) is -2.22. The van der Waals surface area contributed by atoms with Crippen LogP contribution in [0.25, 0.3) is 0 Å². The van der Waals surface area contributed by atoms with Crippen molar-refractivity contribution in [2.45, 2.75) is 134 Å². The van der Waals surface area contributed by atoms with E-state index in [0.717, 1.165) is 5.69 Å². The van der Waals surface area contributed by atoms with Crippen molar-refractivity contribution < 1.29 is 47.6 Å². The van der Waals surface area contributed by atoms with Crippen molar-refractivity contribution in [2.24, 2.45) is 21.7 Å². The Morgan fingerprint density at radius 2 is 1.16 bits per heavy atom. The van der Waals surface area contributed by atoms with Crippen molar-refractivity contribution in [1.29, 1.82) is 0 Å². The second-order valence-corrected chi connectivity index (χ2v) is 15.7. The number of hydrogen-bond donors (Lipinski definition) is 1. The van der Waals surface area contributed by atoms with E-state index in [0.29, 0.717) is 0 Å². The van der Waals surface area contributed by atoms with E-state index < -0.39 is 76.2 Å². The first-order valence-electron chi connectivity index (χ1n) is 15.0. The number of H-pyrrole nitrogens is 1. The van der Waals surface area contributed by atoms with Crippen LogP contribution in [0.15, 0.2) is 6.07 Å². The zero-order valence-corrected chi connectivity index (χ0v) is 28.8. The van der Waals surface area contributed by atoms with Gasteiger partial charge in [-0.3, -0.25) is 24.3 Å². The van der Waals surface area contributed by atoms with Crippen molar-refractivity contribution in [3.63, 3.8) is 0 Å². The second kappa shape index (κ2) is 13.5. The lowest BCUT2D eigenvalue weighted by Crippen LogP contribution is -2.65. The lowest BCUT2D eigenvalue weighted by Gasteiger charge is -2.45. The number of hydrogen-bond acceptors (Lipinski definition) is 11. The van der Waals surface area contributed by atoms with E-state index in [4.69, 9.17) is 28.4 Å². The third-order valence-corrected chi connectivity index (χ3v) is 6.58. The molecular formula is C32H52N2O10. The molecule has 0 radical (unpaired) electrons. The topological polar surface area (TPSA) is 152 Å². The third-order valence-electron chi connectivity index (χ3n) is 6.58. The van der Waals surface area contributed by atoms with Gasteiger partial charge < -0.3 is 28.4 Å². The number of esters is 4. The van der Waals surface area contributed by atoms with Gasteiger partial charge in [-0.2, -0.15) is 0 Å². The summed E-state index contributed by atoms with van der Waals surface area (Å²) in [7, 11) is 0. The van der Waals surface area contributed by atoms with Gasteiger partial charge in [-0.05, 0) is 89.0 Å². The maximum atomic E-state index is 13.3. The van der Waals surface area contributed by atoms with E-state index in [9.17, 15) is 19.2 Å². The van der Waals surface area contributed by atoms with Gasteiger partial charge in [0.15, 0.2) is 12.2 Å². The highest BCUT2D eigenvalue weighted by atomic mass is 16.7. The molecule has 0 spiro atoms.